The Bertz CT molecular complexity index is 1090. The molecule has 5 nitrogen and oxygen atoms in total. The molecule has 0 aliphatic heterocycles. The van der Waals surface area contributed by atoms with Gasteiger partial charge in [-0.05, 0) is 57.0 Å². The van der Waals surface area contributed by atoms with Crippen molar-refractivity contribution in [3.63, 3.8) is 0 Å². The van der Waals surface area contributed by atoms with Crippen LogP contribution in [0.15, 0.2) is 30.5 Å². The highest BCUT2D eigenvalue weighted by molar-refractivity contribution is 6.32. The van der Waals surface area contributed by atoms with Gasteiger partial charge >= 0.3 is 0 Å². The van der Waals surface area contributed by atoms with Crippen molar-refractivity contribution in [2.24, 2.45) is 0 Å². The molecule has 0 atom stereocenters. The summed E-state index contributed by atoms with van der Waals surface area (Å²) in [7, 11) is 0. The number of hydrogen-bond acceptors (Lipinski definition) is 4. The average molecular weight is 415 g/mol. The van der Waals surface area contributed by atoms with Crippen molar-refractivity contribution in [2.75, 3.05) is 0 Å². The lowest BCUT2D eigenvalue weighted by Crippen LogP contribution is -2.17. The summed E-state index contributed by atoms with van der Waals surface area (Å²) in [5, 5.41) is 24.7. The first-order valence-electron chi connectivity index (χ1n) is 8.73. The fourth-order valence-corrected chi connectivity index (χ4v) is 3.77. The van der Waals surface area contributed by atoms with E-state index in [1.807, 2.05) is 30.7 Å². The molecular weight excluding hydrogens is 395 g/mol. The Balaban J connectivity index is 2.00. The molecule has 1 aromatic carbocycles. The quantitative estimate of drug-likeness (QED) is 0.608. The third kappa shape index (κ3) is 3.90. The number of aryl methyl sites for hydroxylation is 1. The maximum absolute atomic E-state index is 10.3. The Labute approximate surface area is 174 Å². The van der Waals surface area contributed by atoms with Gasteiger partial charge in [-0.3, -0.25) is 4.68 Å². The number of nitrogens with zero attached hydrogens (tertiary/aromatic N) is 4. The first-order valence-corrected chi connectivity index (χ1v) is 9.48. The molecule has 7 heteroatoms. The summed E-state index contributed by atoms with van der Waals surface area (Å²) in [5.74, 6) is 0. The number of aromatic nitrogens is 3. The molecule has 3 aromatic rings. The van der Waals surface area contributed by atoms with Crippen molar-refractivity contribution in [3.8, 4) is 17.2 Å². The lowest BCUT2D eigenvalue weighted by Gasteiger charge is -2.19. The normalized spacial score (nSPS) is 11.5. The smallest absolute Gasteiger partial charge is 0.135 e. The molecule has 0 bridgehead atoms. The van der Waals surface area contributed by atoms with E-state index in [-0.39, 0.29) is 5.15 Å². The van der Waals surface area contributed by atoms with Crippen LogP contribution >= 0.6 is 23.2 Å². The Kier molecular flexibility index (Phi) is 5.49. The van der Waals surface area contributed by atoms with E-state index in [0.29, 0.717) is 22.7 Å². The second kappa shape index (κ2) is 7.56. The molecule has 0 unspecified atom stereocenters. The minimum atomic E-state index is -1.08. The number of rotatable bonds is 4. The molecule has 0 saturated carbocycles. The zero-order valence-electron chi connectivity index (χ0n) is 16.1. The average Bonchev–Trinajstić information content (AvgIpc) is 2.89. The van der Waals surface area contributed by atoms with Gasteiger partial charge in [-0.25, -0.2) is 4.98 Å². The minimum absolute atomic E-state index is 0.289. The lowest BCUT2D eigenvalue weighted by atomic mass is 9.99. The summed E-state index contributed by atoms with van der Waals surface area (Å²) in [4.78, 5) is 4.21. The lowest BCUT2D eigenvalue weighted by molar-refractivity contribution is 0.0782. The van der Waals surface area contributed by atoms with Crippen LogP contribution in [0.1, 0.15) is 41.9 Å². The molecule has 0 radical (unpaired) electrons. The molecule has 1 N–H and O–H groups in total. The summed E-state index contributed by atoms with van der Waals surface area (Å²) < 4.78 is 1.88. The molecule has 0 fully saturated rings. The van der Waals surface area contributed by atoms with Crippen LogP contribution in [0.4, 0.5) is 0 Å². The fraction of sp³-hybridized carbons (Fsp3) is 0.286. The van der Waals surface area contributed by atoms with Gasteiger partial charge in [0.15, 0.2) is 0 Å². The Morgan fingerprint density at radius 3 is 2.54 bits per heavy atom. The van der Waals surface area contributed by atoms with Gasteiger partial charge in [0.1, 0.15) is 11.2 Å². The van der Waals surface area contributed by atoms with E-state index < -0.39 is 5.60 Å². The molecule has 0 amide bonds. The van der Waals surface area contributed by atoms with Crippen molar-refractivity contribution in [2.45, 2.75) is 39.8 Å². The van der Waals surface area contributed by atoms with E-state index in [1.54, 1.807) is 32.2 Å². The molecule has 2 aromatic heterocycles. The van der Waals surface area contributed by atoms with Crippen LogP contribution in [0.2, 0.25) is 10.2 Å². The molecule has 28 heavy (non-hydrogen) atoms. The number of aliphatic hydroxyl groups is 1. The topological polar surface area (TPSA) is 74.7 Å². The number of pyridine rings is 1. The third-order valence-corrected chi connectivity index (χ3v) is 5.26. The zero-order chi connectivity index (χ0) is 20.6. The molecule has 0 aliphatic rings. The van der Waals surface area contributed by atoms with Gasteiger partial charge in [-0.2, -0.15) is 10.4 Å². The largest absolute Gasteiger partial charge is 0.386 e. The highest BCUT2D eigenvalue weighted by Crippen LogP contribution is 2.31. The Morgan fingerprint density at radius 2 is 1.93 bits per heavy atom. The number of benzene rings is 1. The first kappa shape index (κ1) is 20.3. The van der Waals surface area contributed by atoms with Gasteiger partial charge in [0.2, 0.25) is 0 Å². The fourth-order valence-electron chi connectivity index (χ4n) is 3.21. The molecule has 3 rings (SSSR count). The Morgan fingerprint density at radius 1 is 1.21 bits per heavy atom. The molecule has 144 valence electrons. The number of halogens is 2. The van der Waals surface area contributed by atoms with Gasteiger partial charge < -0.3 is 5.11 Å². The molecule has 0 aliphatic carbocycles. The van der Waals surface area contributed by atoms with Gasteiger partial charge in [0.05, 0.1) is 28.4 Å². The van der Waals surface area contributed by atoms with Gasteiger partial charge in [0, 0.05) is 23.0 Å². The van der Waals surface area contributed by atoms with Crippen molar-refractivity contribution in [3.05, 3.63) is 68.7 Å². The molecule has 0 spiro atoms. The first-order chi connectivity index (χ1) is 13.1. The van der Waals surface area contributed by atoms with Crippen LogP contribution in [-0.4, -0.2) is 19.9 Å². The Hall–Kier alpha value is -2.39. The summed E-state index contributed by atoms with van der Waals surface area (Å²) >= 11 is 12.3. The van der Waals surface area contributed by atoms with Crippen molar-refractivity contribution in [1.29, 1.82) is 5.26 Å². The number of nitriles is 1. The maximum Gasteiger partial charge on any atom is 0.135 e. The highest BCUT2D eigenvalue weighted by Gasteiger charge is 2.21. The summed E-state index contributed by atoms with van der Waals surface area (Å²) in [6.07, 6.45) is 1.69. The molecule has 2 heterocycles. The van der Waals surface area contributed by atoms with Crippen LogP contribution in [0.3, 0.4) is 0 Å². The maximum atomic E-state index is 10.3. The number of hydrogen-bond donors (Lipinski definition) is 1. The monoisotopic (exact) mass is 414 g/mol. The van der Waals surface area contributed by atoms with Gasteiger partial charge in [0.25, 0.3) is 0 Å². The summed E-state index contributed by atoms with van der Waals surface area (Å²) in [6.45, 7) is 7.77. The van der Waals surface area contributed by atoms with Crippen molar-refractivity contribution in [1.82, 2.24) is 14.8 Å². The van der Waals surface area contributed by atoms with E-state index in [4.69, 9.17) is 28.5 Å². The van der Waals surface area contributed by atoms with Gasteiger partial charge in [-0.1, -0.05) is 29.3 Å². The predicted octanol–water partition coefficient (Wildman–Crippen LogP) is 5.02. The third-order valence-electron chi connectivity index (χ3n) is 4.65. The van der Waals surface area contributed by atoms with Crippen LogP contribution in [0.5, 0.6) is 0 Å². The van der Waals surface area contributed by atoms with E-state index in [0.717, 1.165) is 28.1 Å². The van der Waals surface area contributed by atoms with Crippen molar-refractivity contribution >= 4 is 23.2 Å². The van der Waals surface area contributed by atoms with Crippen LogP contribution in [0, 0.1) is 25.2 Å². The van der Waals surface area contributed by atoms with Crippen LogP contribution < -0.4 is 0 Å². The summed E-state index contributed by atoms with van der Waals surface area (Å²) in [6, 6.07) is 9.30. The van der Waals surface area contributed by atoms with E-state index in [1.165, 1.54) is 0 Å². The SMILES string of the molecule is Cc1nn(Cc2cnc(Cl)c(C(C)(C)O)c2)c(C)c1-c1ccc(C#N)c(Cl)c1. The van der Waals surface area contributed by atoms with E-state index in [9.17, 15) is 5.11 Å². The van der Waals surface area contributed by atoms with Crippen LogP contribution in [-0.2, 0) is 12.1 Å². The second-order valence-electron chi connectivity index (χ2n) is 7.25. The zero-order valence-corrected chi connectivity index (χ0v) is 17.6. The van der Waals surface area contributed by atoms with Gasteiger partial charge in [-0.15, -0.1) is 0 Å². The van der Waals surface area contributed by atoms with Crippen LogP contribution in [0.25, 0.3) is 11.1 Å². The molecule has 0 saturated heterocycles. The second-order valence-corrected chi connectivity index (χ2v) is 8.02. The molecular formula is C21H20Cl2N4O. The summed E-state index contributed by atoms with van der Waals surface area (Å²) in [5.41, 5.74) is 4.55. The highest BCUT2D eigenvalue weighted by atomic mass is 35.5. The van der Waals surface area contributed by atoms with E-state index in [2.05, 4.69) is 16.2 Å². The standard InChI is InChI=1S/C21H20Cl2N4O/c1-12-19(15-5-6-16(9-24)18(22)8-15)13(2)27(26-12)11-14-7-17(21(3,4)28)20(23)25-10-14/h5-8,10,28H,11H2,1-4H3. The van der Waals surface area contributed by atoms with E-state index >= 15 is 0 Å². The van der Waals surface area contributed by atoms with Crippen molar-refractivity contribution < 1.29 is 5.11 Å². The predicted molar refractivity (Wildman–Crippen MR) is 110 cm³/mol. The minimum Gasteiger partial charge on any atom is -0.386 e.